The van der Waals surface area contributed by atoms with E-state index >= 15 is 0 Å². The summed E-state index contributed by atoms with van der Waals surface area (Å²) in [6.45, 7) is 0.773. The van der Waals surface area contributed by atoms with Gasteiger partial charge in [-0.25, -0.2) is 0 Å². The average Bonchev–Trinajstić information content (AvgIpc) is 2.22. The number of methoxy groups -OCH3 is 1. The number of hydrogen-bond donors (Lipinski definition) is 1. The van der Waals surface area contributed by atoms with E-state index in [0.717, 1.165) is 23.9 Å². The first-order chi connectivity index (χ1) is 7.15. The van der Waals surface area contributed by atoms with Gasteiger partial charge in [0.2, 0.25) is 0 Å². The van der Waals surface area contributed by atoms with Crippen LogP contribution in [0.25, 0.3) is 0 Å². The molecule has 0 aromatic heterocycles. The van der Waals surface area contributed by atoms with Crippen LogP contribution in [0, 0.1) is 3.57 Å². The van der Waals surface area contributed by atoms with Crippen LogP contribution < -0.4 is 5.73 Å². The Hall–Kier alpha value is 0.350. The fraction of sp³-hybridized carbons (Fsp3) is 0.455. The molecule has 15 heavy (non-hydrogen) atoms. The van der Waals surface area contributed by atoms with Crippen molar-refractivity contribution in [2.45, 2.75) is 18.9 Å². The number of halogens is 2. The summed E-state index contributed by atoms with van der Waals surface area (Å²) >= 11 is 5.82. The molecule has 0 saturated carbocycles. The molecule has 0 aliphatic carbocycles. The zero-order chi connectivity index (χ0) is 11.3. The SMILES string of the molecule is COCCCC(N)c1cc(I)ccc1Br. The van der Waals surface area contributed by atoms with Gasteiger partial charge in [-0.3, -0.25) is 0 Å². The maximum Gasteiger partial charge on any atom is 0.0462 e. The molecule has 0 aliphatic heterocycles. The van der Waals surface area contributed by atoms with Gasteiger partial charge in [-0.2, -0.15) is 0 Å². The lowest BCUT2D eigenvalue weighted by molar-refractivity contribution is 0.190. The van der Waals surface area contributed by atoms with Crippen LogP contribution in [0.1, 0.15) is 24.4 Å². The normalized spacial score (nSPS) is 12.8. The highest BCUT2D eigenvalue weighted by molar-refractivity contribution is 14.1. The van der Waals surface area contributed by atoms with Crippen molar-refractivity contribution in [2.75, 3.05) is 13.7 Å². The van der Waals surface area contributed by atoms with Crippen molar-refractivity contribution in [3.05, 3.63) is 31.8 Å². The van der Waals surface area contributed by atoms with E-state index in [2.05, 4.69) is 50.7 Å². The van der Waals surface area contributed by atoms with Crippen molar-refractivity contribution >= 4 is 38.5 Å². The number of rotatable bonds is 5. The van der Waals surface area contributed by atoms with Gasteiger partial charge >= 0.3 is 0 Å². The van der Waals surface area contributed by atoms with Crippen molar-refractivity contribution in [2.24, 2.45) is 5.73 Å². The van der Waals surface area contributed by atoms with Gasteiger partial charge in [0.05, 0.1) is 0 Å². The Morgan fingerprint density at radius 3 is 2.93 bits per heavy atom. The van der Waals surface area contributed by atoms with Gasteiger partial charge in [0.15, 0.2) is 0 Å². The van der Waals surface area contributed by atoms with Crippen LogP contribution in [-0.4, -0.2) is 13.7 Å². The highest BCUT2D eigenvalue weighted by Gasteiger charge is 2.09. The monoisotopic (exact) mass is 383 g/mol. The third-order valence-corrected chi connectivity index (χ3v) is 3.61. The molecule has 0 radical (unpaired) electrons. The van der Waals surface area contributed by atoms with Gasteiger partial charge in [0.25, 0.3) is 0 Å². The second-order valence-corrected chi connectivity index (χ2v) is 5.51. The molecule has 1 aromatic carbocycles. The van der Waals surface area contributed by atoms with E-state index in [1.165, 1.54) is 9.13 Å². The lowest BCUT2D eigenvalue weighted by Crippen LogP contribution is -2.12. The Balaban J connectivity index is 2.64. The predicted octanol–water partition coefficient (Wildman–Crippen LogP) is 3.48. The highest BCUT2D eigenvalue weighted by Crippen LogP contribution is 2.26. The molecule has 4 heteroatoms. The Kier molecular flexibility index (Phi) is 6.11. The summed E-state index contributed by atoms with van der Waals surface area (Å²) in [5.41, 5.74) is 7.30. The molecule has 1 atom stereocenters. The molecular weight excluding hydrogens is 369 g/mol. The number of nitrogens with two attached hydrogens (primary N) is 1. The largest absolute Gasteiger partial charge is 0.385 e. The fourth-order valence-electron chi connectivity index (χ4n) is 1.40. The van der Waals surface area contributed by atoms with Crippen LogP contribution in [0.3, 0.4) is 0 Å². The van der Waals surface area contributed by atoms with Crippen molar-refractivity contribution in [1.82, 2.24) is 0 Å². The minimum absolute atomic E-state index is 0.0873. The molecule has 0 spiro atoms. The first kappa shape index (κ1) is 13.4. The Bertz CT molecular complexity index is 319. The Morgan fingerprint density at radius 1 is 1.53 bits per heavy atom. The first-order valence-corrected chi connectivity index (χ1v) is 6.71. The van der Waals surface area contributed by atoms with Gasteiger partial charge in [0, 0.05) is 27.8 Å². The third kappa shape index (κ3) is 4.38. The number of benzene rings is 1. The molecule has 1 aromatic rings. The molecule has 2 nitrogen and oxygen atoms in total. The summed E-state index contributed by atoms with van der Waals surface area (Å²) < 4.78 is 7.32. The molecule has 0 fully saturated rings. The molecule has 0 amide bonds. The van der Waals surface area contributed by atoms with E-state index in [1.807, 2.05) is 6.07 Å². The van der Waals surface area contributed by atoms with Gasteiger partial charge in [-0.1, -0.05) is 15.9 Å². The van der Waals surface area contributed by atoms with E-state index in [0.29, 0.717) is 0 Å². The fourth-order valence-corrected chi connectivity index (χ4v) is 2.46. The second kappa shape index (κ2) is 6.83. The van der Waals surface area contributed by atoms with E-state index in [4.69, 9.17) is 10.5 Å². The summed E-state index contributed by atoms with van der Waals surface area (Å²) in [7, 11) is 1.72. The zero-order valence-electron chi connectivity index (χ0n) is 8.67. The second-order valence-electron chi connectivity index (χ2n) is 3.41. The maximum absolute atomic E-state index is 6.12. The average molecular weight is 384 g/mol. The quantitative estimate of drug-likeness (QED) is 0.624. The zero-order valence-corrected chi connectivity index (χ0v) is 12.4. The lowest BCUT2D eigenvalue weighted by Gasteiger charge is -2.14. The van der Waals surface area contributed by atoms with Gasteiger partial charge in [0.1, 0.15) is 0 Å². The third-order valence-electron chi connectivity index (χ3n) is 2.22. The minimum Gasteiger partial charge on any atom is -0.385 e. The van der Waals surface area contributed by atoms with E-state index < -0.39 is 0 Å². The molecule has 1 unspecified atom stereocenters. The van der Waals surface area contributed by atoms with Crippen LogP contribution in [0.4, 0.5) is 0 Å². The number of ether oxygens (including phenoxy) is 1. The maximum atomic E-state index is 6.12. The molecular formula is C11H15BrINO. The van der Waals surface area contributed by atoms with Crippen LogP contribution in [0.15, 0.2) is 22.7 Å². The van der Waals surface area contributed by atoms with Gasteiger partial charge in [-0.15, -0.1) is 0 Å². The van der Waals surface area contributed by atoms with E-state index in [9.17, 15) is 0 Å². The smallest absolute Gasteiger partial charge is 0.0462 e. The lowest BCUT2D eigenvalue weighted by atomic mass is 10.0. The van der Waals surface area contributed by atoms with Crippen molar-refractivity contribution in [3.8, 4) is 0 Å². The van der Waals surface area contributed by atoms with Gasteiger partial charge in [-0.05, 0) is 59.2 Å². The molecule has 0 aliphatic rings. The van der Waals surface area contributed by atoms with Crippen LogP contribution >= 0.6 is 38.5 Å². The summed E-state index contributed by atoms with van der Waals surface area (Å²) in [5, 5.41) is 0. The molecule has 1 rings (SSSR count). The summed E-state index contributed by atoms with van der Waals surface area (Å²) in [4.78, 5) is 0. The molecule has 0 saturated heterocycles. The molecule has 0 bridgehead atoms. The van der Waals surface area contributed by atoms with Crippen molar-refractivity contribution in [3.63, 3.8) is 0 Å². The Morgan fingerprint density at radius 2 is 2.27 bits per heavy atom. The standard InChI is InChI=1S/C11H15BrINO/c1-15-6-2-3-11(14)9-7-8(13)4-5-10(9)12/h4-5,7,11H,2-3,6,14H2,1H3. The summed E-state index contributed by atoms with van der Waals surface area (Å²) in [6.07, 6.45) is 1.95. The minimum atomic E-state index is 0.0873. The highest BCUT2D eigenvalue weighted by atomic mass is 127. The van der Waals surface area contributed by atoms with Crippen LogP contribution in [0.5, 0.6) is 0 Å². The van der Waals surface area contributed by atoms with Crippen LogP contribution in [-0.2, 0) is 4.74 Å². The molecule has 0 heterocycles. The van der Waals surface area contributed by atoms with Crippen LogP contribution in [0.2, 0.25) is 0 Å². The first-order valence-electron chi connectivity index (χ1n) is 4.84. The molecule has 2 N–H and O–H groups in total. The van der Waals surface area contributed by atoms with Crippen molar-refractivity contribution < 1.29 is 4.74 Å². The van der Waals surface area contributed by atoms with E-state index in [1.54, 1.807) is 7.11 Å². The Labute approximate surface area is 113 Å². The molecule has 84 valence electrons. The predicted molar refractivity (Wildman–Crippen MR) is 74.9 cm³/mol. The number of hydrogen-bond acceptors (Lipinski definition) is 2. The van der Waals surface area contributed by atoms with Gasteiger partial charge < -0.3 is 10.5 Å². The van der Waals surface area contributed by atoms with E-state index in [-0.39, 0.29) is 6.04 Å². The summed E-state index contributed by atoms with van der Waals surface area (Å²) in [6, 6.07) is 6.33. The topological polar surface area (TPSA) is 35.2 Å². The van der Waals surface area contributed by atoms with Crippen molar-refractivity contribution in [1.29, 1.82) is 0 Å². The summed E-state index contributed by atoms with van der Waals surface area (Å²) in [5.74, 6) is 0.